The molecule has 2 rings (SSSR count). The van der Waals surface area contributed by atoms with Gasteiger partial charge in [0.2, 0.25) is 0 Å². The molecule has 0 saturated carbocycles. The third-order valence-electron chi connectivity index (χ3n) is 4.37. The van der Waals surface area contributed by atoms with Crippen LogP contribution >= 0.6 is 0 Å². The molecule has 0 aromatic heterocycles. The van der Waals surface area contributed by atoms with E-state index in [0.717, 1.165) is 13.0 Å². The van der Waals surface area contributed by atoms with E-state index in [4.69, 9.17) is 0 Å². The zero-order valence-electron chi connectivity index (χ0n) is 13.7. The summed E-state index contributed by atoms with van der Waals surface area (Å²) in [4.78, 5) is 0. The number of benzene rings is 2. The van der Waals surface area contributed by atoms with Gasteiger partial charge >= 0.3 is 0 Å². The standard InChI is InChI=1S/C20H27N/c1-16-10-8-9-13-19(16)20(3,4)14-15-21-17(2)18-11-6-5-7-12-18/h5-13,17,21H,14-15H2,1-4H3/t17-/m0/s1. The van der Waals surface area contributed by atoms with E-state index in [1.165, 1.54) is 16.7 Å². The van der Waals surface area contributed by atoms with Crippen molar-refractivity contribution in [2.24, 2.45) is 0 Å². The summed E-state index contributed by atoms with van der Waals surface area (Å²) >= 11 is 0. The second-order valence-electron chi connectivity index (χ2n) is 6.54. The highest BCUT2D eigenvalue weighted by Gasteiger charge is 2.21. The molecule has 1 atom stereocenters. The first-order valence-electron chi connectivity index (χ1n) is 7.85. The van der Waals surface area contributed by atoms with Crippen molar-refractivity contribution in [3.8, 4) is 0 Å². The maximum atomic E-state index is 3.64. The van der Waals surface area contributed by atoms with Crippen LogP contribution in [0.3, 0.4) is 0 Å². The van der Waals surface area contributed by atoms with Crippen LogP contribution in [-0.4, -0.2) is 6.54 Å². The lowest BCUT2D eigenvalue weighted by atomic mass is 9.79. The second-order valence-corrected chi connectivity index (χ2v) is 6.54. The Bertz CT molecular complexity index is 557. The monoisotopic (exact) mass is 281 g/mol. The molecule has 21 heavy (non-hydrogen) atoms. The Balaban J connectivity index is 1.92. The Hall–Kier alpha value is -1.60. The van der Waals surface area contributed by atoms with Crippen molar-refractivity contribution in [1.82, 2.24) is 5.32 Å². The number of hydrogen-bond donors (Lipinski definition) is 1. The zero-order valence-corrected chi connectivity index (χ0v) is 13.7. The van der Waals surface area contributed by atoms with E-state index >= 15 is 0 Å². The predicted molar refractivity (Wildman–Crippen MR) is 91.7 cm³/mol. The van der Waals surface area contributed by atoms with Gasteiger partial charge in [-0.05, 0) is 48.9 Å². The highest BCUT2D eigenvalue weighted by Crippen LogP contribution is 2.29. The molecular formula is C20H27N. The summed E-state index contributed by atoms with van der Waals surface area (Å²) in [6.45, 7) is 10.1. The molecule has 1 N–H and O–H groups in total. The number of rotatable bonds is 6. The van der Waals surface area contributed by atoms with E-state index in [0.29, 0.717) is 6.04 Å². The summed E-state index contributed by atoms with van der Waals surface area (Å²) in [6, 6.07) is 19.8. The smallest absolute Gasteiger partial charge is 0.0291 e. The summed E-state index contributed by atoms with van der Waals surface area (Å²) in [5, 5.41) is 3.64. The second kappa shape index (κ2) is 6.91. The number of aryl methyl sites for hydroxylation is 1. The Morgan fingerprint density at radius 3 is 2.24 bits per heavy atom. The van der Waals surface area contributed by atoms with Crippen LogP contribution in [0.25, 0.3) is 0 Å². The van der Waals surface area contributed by atoms with Crippen LogP contribution in [0, 0.1) is 6.92 Å². The highest BCUT2D eigenvalue weighted by atomic mass is 14.9. The van der Waals surface area contributed by atoms with Gasteiger partial charge in [0.15, 0.2) is 0 Å². The maximum Gasteiger partial charge on any atom is 0.0291 e. The van der Waals surface area contributed by atoms with E-state index in [1.807, 2.05) is 0 Å². The van der Waals surface area contributed by atoms with Crippen LogP contribution in [0.2, 0.25) is 0 Å². The molecule has 112 valence electrons. The average molecular weight is 281 g/mol. The molecule has 0 spiro atoms. The molecule has 0 fully saturated rings. The van der Waals surface area contributed by atoms with Crippen LogP contribution in [-0.2, 0) is 5.41 Å². The normalized spacial score (nSPS) is 13.1. The van der Waals surface area contributed by atoms with Crippen molar-refractivity contribution in [3.05, 3.63) is 71.3 Å². The molecule has 0 aliphatic rings. The van der Waals surface area contributed by atoms with Gasteiger partial charge in [-0.3, -0.25) is 0 Å². The minimum Gasteiger partial charge on any atom is -0.310 e. The largest absolute Gasteiger partial charge is 0.310 e. The summed E-state index contributed by atoms with van der Waals surface area (Å²) in [7, 11) is 0. The van der Waals surface area contributed by atoms with Gasteiger partial charge in [-0.25, -0.2) is 0 Å². The molecule has 1 heteroatoms. The van der Waals surface area contributed by atoms with Crippen molar-refractivity contribution >= 4 is 0 Å². The summed E-state index contributed by atoms with van der Waals surface area (Å²) in [6.07, 6.45) is 1.13. The molecule has 0 amide bonds. The first-order chi connectivity index (χ1) is 10.0. The van der Waals surface area contributed by atoms with Crippen molar-refractivity contribution in [2.45, 2.75) is 45.6 Å². The Labute approximate surface area is 129 Å². The van der Waals surface area contributed by atoms with Gasteiger partial charge in [0, 0.05) is 6.04 Å². The molecule has 0 bridgehead atoms. The first-order valence-corrected chi connectivity index (χ1v) is 7.85. The van der Waals surface area contributed by atoms with E-state index in [9.17, 15) is 0 Å². The highest BCUT2D eigenvalue weighted by molar-refractivity contribution is 5.32. The van der Waals surface area contributed by atoms with Crippen molar-refractivity contribution in [3.63, 3.8) is 0 Å². The molecule has 0 radical (unpaired) electrons. The summed E-state index contributed by atoms with van der Waals surface area (Å²) in [5.74, 6) is 0. The van der Waals surface area contributed by atoms with Crippen LogP contribution in [0.15, 0.2) is 54.6 Å². The maximum absolute atomic E-state index is 3.64. The van der Waals surface area contributed by atoms with E-state index in [-0.39, 0.29) is 5.41 Å². The van der Waals surface area contributed by atoms with Gasteiger partial charge in [-0.1, -0.05) is 68.4 Å². The summed E-state index contributed by atoms with van der Waals surface area (Å²) in [5.41, 5.74) is 4.40. The molecule has 2 aromatic carbocycles. The van der Waals surface area contributed by atoms with Gasteiger partial charge in [0.1, 0.15) is 0 Å². The van der Waals surface area contributed by atoms with Crippen LogP contribution in [0.1, 0.15) is 49.9 Å². The number of hydrogen-bond acceptors (Lipinski definition) is 1. The Kier molecular flexibility index (Phi) is 5.19. The quantitative estimate of drug-likeness (QED) is 0.784. The van der Waals surface area contributed by atoms with Gasteiger partial charge in [0.05, 0.1) is 0 Å². The van der Waals surface area contributed by atoms with Crippen molar-refractivity contribution in [1.29, 1.82) is 0 Å². The lowest BCUT2D eigenvalue weighted by Gasteiger charge is -2.28. The Morgan fingerprint density at radius 1 is 0.952 bits per heavy atom. The minimum absolute atomic E-state index is 0.203. The van der Waals surface area contributed by atoms with Crippen LogP contribution < -0.4 is 5.32 Å². The molecule has 2 aromatic rings. The van der Waals surface area contributed by atoms with Crippen molar-refractivity contribution < 1.29 is 0 Å². The van der Waals surface area contributed by atoms with Gasteiger partial charge in [-0.2, -0.15) is 0 Å². The number of nitrogens with one attached hydrogen (secondary N) is 1. The first kappa shape index (κ1) is 15.8. The SMILES string of the molecule is Cc1ccccc1C(C)(C)CCN[C@@H](C)c1ccccc1. The fourth-order valence-corrected chi connectivity index (χ4v) is 2.93. The lowest BCUT2D eigenvalue weighted by Crippen LogP contribution is -2.27. The van der Waals surface area contributed by atoms with Gasteiger partial charge in [-0.15, -0.1) is 0 Å². The molecule has 0 aliphatic carbocycles. The van der Waals surface area contributed by atoms with E-state index in [2.05, 4.69) is 87.6 Å². The fraction of sp³-hybridized carbons (Fsp3) is 0.400. The fourth-order valence-electron chi connectivity index (χ4n) is 2.93. The molecule has 0 unspecified atom stereocenters. The van der Waals surface area contributed by atoms with E-state index < -0.39 is 0 Å². The lowest BCUT2D eigenvalue weighted by molar-refractivity contribution is 0.436. The molecule has 0 saturated heterocycles. The van der Waals surface area contributed by atoms with Crippen LogP contribution in [0.5, 0.6) is 0 Å². The third-order valence-corrected chi connectivity index (χ3v) is 4.37. The van der Waals surface area contributed by atoms with E-state index in [1.54, 1.807) is 0 Å². The zero-order chi connectivity index (χ0) is 15.3. The topological polar surface area (TPSA) is 12.0 Å². The molecule has 0 aliphatic heterocycles. The van der Waals surface area contributed by atoms with Crippen LogP contribution in [0.4, 0.5) is 0 Å². The Morgan fingerprint density at radius 2 is 1.57 bits per heavy atom. The molecule has 0 heterocycles. The van der Waals surface area contributed by atoms with Crippen molar-refractivity contribution in [2.75, 3.05) is 6.54 Å². The third kappa shape index (κ3) is 4.18. The average Bonchev–Trinajstić information content (AvgIpc) is 2.48. The summed E-state index contributed by atoms with van der Waals surface area (Å²) < 4.78 is 0. The predicted octanol–water partition coefficient (Wildman–Crippen LogP) is 5.01. The minimum atomic E-state index is 0.203. The molecule has 1 nitrogen and oxygen atoms in total. The van der Waals surface area contributed by atoms with Gasteiger partial charge < -0.3 is 5.32 Å². The van der Waals surface area contributed by atoms with Gasteiger partial charge in [0.25, 0.3) is 0 Å². The molecular weight excluding hydrogens is 254 g/mol.